The second-order valence-electron chi connectivity index (χ2n) is 6.04. The number of carboxylic acid groups (broad SMARTS) is 1. The Balaban J connectivity index is 2.20. The Bertz CT molecular complexity index is 753. The van der Waals surface area contributed by atoms with Crippen molar-refractivity contribution >= 4 is 11.8 Å². The van der Waals surface area contributed by atoms with E-state index in [-0.39, 0.29) is 11.5 Å². The highest BCUT2D eigenvalue weighted by atomic mass is 16.4. The molecule has 24 heavy (non-hydrogen) atoms. The molecule has 0 aromatic carbocycles. The Morgan fingerprint density at radius 2 is 2.12 bits per heavy atom. The standard InChI is InChI=1S/C17H22N4O3/c1-4-12-8-15(22)21-16(19-12)11-5-6-14(18-9-11)20-13(17(23)24)7-10(2)3/h5-6,8-10,13H,4,7H2,1-3H3,(H,18,20)(H,23,24)(H,19,21,22)/t13-/m0/s1. The van der Waals surface area contributed by atoms with Crippen LogP contribution in [-0.2, 0) is 11.2 Å². The molecule has 0 saturated carbocycles. The van der Waals surface area contributed by atoms with Gasteiger partial charge >= 0.3 is 5.97 Å². The zero-order chi connectivity index (χ0) is 17.7. The van der Waals surface area contributed by atoms with Crippen molar-refractivity contribution < 1.29 is 9.90 Å². The summed E-state index contributed by atoms with van der Waals surface area (Å²) in [6.07, 6.45) is 2.74. The molecule has 7 heteroatoms. The maximum atomic E-state index is 11.6. The van der Waals surface area contributed by atoms with Crippen LogP contribution in [-0.4, -0.2) is 32.1 Å². The van der Waals surface area contributed by atoms with Gasteiger partial charge in [-0.1, -0.05) is 20.8 Å². The zero-order valence-corrected chi connectivity index (χ0v) is 14.0. The lowest BCUT2D eigenvalue weighted by Crippen LogP contribution is -2.31. The van der Waals surface area contributed by atoms with Gasteiger partial charge in [-0.2, -0.15) is 0 Å². The molecule has 0 fully saturated rings. The Morgan fingerprint density at radius 1 is 1.38 bits per heavy atom. The molecule has 0 amide bonds. The zero-order valence-electron chi connectivity index (χ0n) is 14.0. The summed E-state index contributed by atoms with van der Waals surface area (Å²) < 4.78 is 0. The third-order valence-corrected chi connectivity index (χ3v) is 3.52. The van der Waals surface area contributed by atoms with Crippen LogP contribution in [0, 0.1) is 5.92 Å². The van der Waals surface area contributed by atoms with Crippen LogP contribution in [0.1, 0.15) is 32.9 Å². The van der Waals surface area contributed by atoms with Gasteiger partial charge in [-0.3, -0.25) is 4.79 Å². The number of aromatic nitrogens is 3. The van der Waals surface area contributed by atoms with Gasteiger partial charge in [0.1, 0.15) is 17.7 Å². The van der Waals surface area contributed by atoms with Gasteiger partial charge in [0.05, 0.1) is 0 Å². The first-order chi connectivity index (χ1) is 11.4. The number of nitrogens with zero attached hydrogens (tertiary/aromatic N) is 2. The van der Waals surface area contributed by atoms with Crippen molar-refractivity contribution in [3.05, 3.63) is 40.4 Å². The lowest BCUT2D eigenvalue weighted by atomic mass is 10.0. The monoisotopic (exact) mass is 330 g/mol. The van der Waals surface area contributed by atoms with Gasteiger partial charge in [0.15, 0.2) is 0 Å². The molecule has 2 aromatic heterocycles. The number of hydrogen-bond donors (Lipinski definition) is 3. The van der Waals surface area contributed by atoms with Crippen LogP contribution in [0.3, 0.4) is 0 Å². The summed E-state index contributed by atoms with van der Waals surface area (Å²) >= 11 is 0. The number of aliphatic carboxylic acids is 1. The number of H-pyrrole nitrogens is 1. The molecule has 0 bridgehead atoms. The second kappa shape index (κ2) is 7.72. The fraction of sp³-hybridized carbons (Fsp3) is 0.412. The molecule has 0 aliphatic carbocycles. The van der Waals surface area contributed by atoms with E-state index in [1.165, 1.54) is 6.07 Å². The molecule has 0 radical (unpaired) electrons. The van der Waals surface area contributed by atoms with Gasteiger partial charge in [-0.25, -0.2) is 14.8 Å². The van der Waals surface area contributed by atoms with Crippen LogP contribution in [0.5, 0.6) is 0 Å². The maximum absolute atomic E-state index is 11.6. The van der Waals surface area contributed by atoms with Gasteiger partial charge in [0, 0.05) is 23.5 Å². The third kappa shape index (κ3) is 4.65. The Hall–Kier alpha value is -2.70. The van der Waals surface area contributed by atoms with E-state index in [4.69, 9.17) is 0 Å². The number of carbonyl (C=O) groups is 1. The maximum Gasteiger partial charge on any atom is 0.326 e. The molecule has 0 aliphatic heterocycles. The van der Waals surface area contributed by atoms with E-state index in [0.29, 0.717) is 35.7 Å². The van der Waals surface area contributed by atoms with Crippen molar-refractivity contribution in [2.45, 2.75) is 39.7 Å². The van der Waals surface area contributed by atoms with Crippen molar-refractivity contribution in [1.29, 1.82) is 0 Å². The average molecular weight is 330 g/mol. The molecule has 0 saturated heterocycles. The molecule has 0 aliphatic rings. The average Bonchev–Trinajstić information content (AvgIpc) is 2.53. The van der Waals surface area contributed by atoms with E-state index in [9.17, 15) is 14.7 Å². The molecule has 0 unspecified atom stereocenters. The predicted molar refractivity (Wildman–Crippen MR) is 92.0 cm³/mol. The van der Waals surface area contributed by atoms with Crippen LogP contribution in [0.2, 0.25) is 0 Å². The van der Waals surface area contributed by atoms with Crippen LogP contribution in [0.15, 0.2) is 29.2 Å². The predicted octanol–water partition coefficient (Wildman–Crippen LogP) is 2.31. The number of aryl methyl sites for hydroxylation is 1. The van der Waals surface area contributed by atoms with Crippen LogP contribution in [0.4, 0.5) is 5.82 Å². The van der Waals surface area contributed by atoms with Crippen molar-refractivity contribution in [2.24, 2.45) is 5.92 Å². The minimum atomic E-state index is -0.906. The van der Waals surface area contributed by atoms with E-state index in [1.807, 2.05) is 20.8 Å². The topological polar surface area (TPSA) is 108 Å². The van der Waals surface area contributed by atoms with Crippen molar-refractivity contribution in [1.82, 2.24) is 15.0 Å². The Morgan fingerprint density at radius 3 is 2.67 bits per heavy atom. The lowest BCUT2D eigenvalue weighted by Gasteiger charge is -2.17. The summed E-state index contributed by atoms with van der Waals surface area (Å²) in [6, 6.07) is 4.21. The first-order valence-electron chi connectivity index (χ1n) is 7.95. The Kier molecular flexibility index (Phi) is 5.68. The van der Waals surface area contributed by atoms with Crippen molar-refractivity contribution in [2.75, 3.05) is 5.32 Å². The second-order valence-corrected chi connectivity index (χ2v) is 6.04. The molecule has 2 aromatic rings. The van der Waals surface area contributed by atoms with E-state index < -0.39 is 12.0 Å². The van der Waals surface area contributed by atoms with Crippen molar-refractivity contribution in [3.8, 4) is 11.4 Å². The third-order valence-electron chi connectivity index (χ3n) is 3.52. The van der Waals surface area contributed by atoms with Crippen molar-refractivity contribution in [3.63, 3.8) is 0 Å². The fourth-order valence-electron chi connectivity index (χ4n) is 2.32. The quantitative estimate of drug-likeness (QED) is 0.719. The molecule has 2 heterocycles. The van der Waals surface area contributed by atoms with Crippen LogP contribution < -0.4 is 10.9 Å². The smallest absolute Gasteiger partial charge is 0.326 e. The number of pyridine rings is 1. The SMILES string of the molecule is CCc1cc(=O)[nH]c(-c2ccc(N[C@@H](CC(C)C)C(=O)O)nc2)n1. The molecule has 2 rings (SSSR count). The van der Waals surface area contributed by atoms with E-state index >= 15 is 0 Å². The molecule has 0 spiro atoms. The molecular formula is C17H22N4O3. The van der Waals surface area contributed by atoms with Gasteiger partial charge < -0.3 is 15.4 Å². The number of hydrogen-bond acceptors (Lipinski definition) is 5. The van der Waals surface area contributed by atoms with Gasteiger partial charge in [-0.05, 0) is 30.9 Å². The minimum Gasteiger partial charge on any atom is -0.480 e. The lowest BCUT2D eigenvalue weighted by molar-refractivity contribution is -0.138. The molecule has 3 N–H and O–H groups in total. The van der Waals surface area contributed by atoms with Crippen LogP contribution >= 0.6 is 0 Å². The minimum absolute atomic E-state index is 0.207. The summed E-state index contributed by atoms with van der Waals surface area (Å²) in [4.78, 5) is 34.2. The van der Waals surface area contributed by atoms with Gasteiger partial charge in [0.25, 0.3) is 5.56 Å². The number of carboxylic acids is 1. The summed E-state index contributed by atoms with van der Waals surface area (Å²) in [6.45, 7) is 5.87. The molecule has 128 valence electrons. The first kappa shape index (κ1) is 17.7. The number of nitrogens with one attached hydrogen (secondary N) is 2. The summed E-state index contributed by atoms with van der Waals surface area (Å²) in [5.41, 5.74) is 1.17. The number of anilines is 1. The first-order valence-corrected chi connectivity index (χ1v) is 7.95. The van der Waals surface area contributed by atoms with E-state index in [0.717, 1.165) is 0 Å². The van der Waals surface area contributed by atoms with E-state index in [1.54, 1.807) is 18.3 Å². The highest BCUT2D eigenvalue weighted by Crippen LogP contribution is 2.17. The number of aromatic amines is 1. The van der Waals surface area contributed by atoms with Gasteiger partial charge in [0.2, 0.25) is 0 Å². The van der Waals surface area contributed by atoms with Crippen LogP contribution in [0.25, 0.3) is 11.4 Å². The van der Waals surface area contributed by atoms with E-state index in [2.05, 4.69) is 20.3 Å². The molecular weight excluding hydrogens is 308 g/mol. The normalized spacial score (nSPS) is 12.2. The molecule has 7 nitrogen and oxygen atoms in total. The molecule has 1 atom stereocenters. The highest BCUT2D eigenvalue weighted by Gasteiger charge is 2.19. The Labute approximate surface area is 140 Å². The fourth-order valence-corrected chi connectivity index (χ4v) is 2.32. The summed E-state index contributed by atoms with van der Waals surface area (Å²) in [7, 11) is 0. The summed E-state index contributed by atoms with van der Waals surface area (Å²) in [5.74, 6) is 0.274. The van der Waals surface area contributed by atoms with Gasteiger partial charge in [-0.15, -0.1) is 0 Å². The highest BCUT2D eigenvalue weighted by molar-refractivity contribution is 5.77. The number of rotatable bonds is 7. The summed E-state index contributed by atoms with van der Waals surface area (Å²) in [5, 5.41) is 12.2. The largest absolute Gasteiger partial charge is 0.480 e.